The normalized spacial score (nSPS) is 23.0. The van der Waals surface area contributed by atoms with Crippen LogP contribution in [0, 0.1) is 17.5 Å². The molecule has 130 valence electrons. The van der Waals surface area contributed by atoms with Crippen LogP contribution in [0.5, 0.6) is 0 Å². The number of rotatable bonds is 3. The van der Waals surface area contributed by atoms with E-state index in [4.69, 9.17) is 0 Å². The van der Waals surface area contributed by atoms with Crippen molar-refractivity contribution in [2.45, 2.75) is 31.2 Å². The molecule has 25 heavy (non-hydrogen) atoms. The van der Waals surface area contributed by atoms with Crippen LogP contribution in [-0.2, 0) is 0 Å². The highest BCUT2D eigenvalue weighted by atomic mass is 19.1. The van der Waals surface area contributed by atoms with Crippen LogP contribution in [0.2, 0.25) is 0 Å². The first-order valence-corrected chi connectivity index (χ1v) is 8.36. The van der Waals surface area contributed by atoms with Gasteiger partial charge in [0, 0.05) is 17.0 Å². The highest BCUT2D eigenvalue weighted by molar-refractivity contribution is 5.92. The van der Waals surface area contributed by atoms with Crippen molar-refractivity contribution in [2.24, 2.45) is 0 Å². The number of benzene rings is 2. The zero-order valence-electron chi connectivity index (χ0n) is 14.1. The number of aromatic nitrogens is 1. The molecule has 5 heteroatoms. The predicted molar refractivity (Wildman–Crippen MR) is 93.0 cm³/mol. The molecular formula is C20H19F3N2. The summed E-state index contributed by atoms with van der Waals surface area (Å²) in [6.45, 7) is 2.14. The Morgan fingerprint density at radius 2 is 1.72 bits per heavy atom. The van der Waals surface area contributed by atoms with Gasteiger partial charge in [-0.1, -0.05) is 0 Å². The summed E-state index contributed by atoms with van der Waals surface area (Å²) in [7, 11) is 1.92. The van der Waals surface area contributed by atoms with Crippen LogP contribution < -0.4 is 5.32 Å². The van der Waals surface area contributed by atoms with E-state index in [1.807, 2.05) is 7.05 Å². The number of fused-ring (bicyclic) bond motifs is 1. The Kier molecular flexibility index (Phi) is 3.65. The highest BCUT2D eigenvalue weighted by Gasteiger charge is 2.42. The number of hydrogen-bond donors (Lipinski definition) is 2. The van der Waals surface area contributed by atoms with Gasteiger partial charge in [-0.2, -0.15) is 0 Å². The van der Waals surface area contributed by atoms with E-state index in [2.05, 4.69) is 17.2 Å². The minimum atomic E-state index is -0.611. The lowest BCUT2D eigenvalue weighted by Crippen LogP contribution is -2.50. The smallest absolute Gasteiger partial charge is 0.150 e. The fraction of sp³-hybridized carbons (Fsp3) is 0.300. The van der Waals surface area contributed by atoms with Gasteiger partial charge in [-0.3, -0.25) is 0 Å². The summed E-state index contributed by atoms with van der Waals surface area (Å²) >= 11 is 0. The van der Waals surface area contributed by atoms with E-state index in [1.165, 1.54) is 18.2 Å². The third kappa shape index (κ3) is 2.63. The Morgan fingerprint density at radius 3 is 2.36 bits per heavy atom. The van der Waals surface area contributed by atoms with Gasteiger partial charge in [0.05, 0.1) is 11.2 Å². The molecule has 0 radical (unpaired) electrons. The summed E-state index contributed by atoms with van der Waals surface area (Å²) in [5.74, 6) is -1.34. The fourth-order valence-corrected chi connectivity index (χ4v) is 3.94. The summed E-state index contributed by atoms with van der Waals surface area (Å²) < 4.78 is 41.4. The second-order valence-corrected chi connectivity index (χ2v) is 7.15. The van der Waals surface area contributed by atoms with E-state index < -0.39 is 11.6 Å². The number of halogens is 3. The molecule has 1 aliphatic carbocycles. The molecule has 2 aromatic carbocycles. The first kappa shape index (κ1) is 16.2. The van der Waals surface area contributed by atoms with Crippen LogP contribution in [-0.4, -0.2) is 17.6 Å². The topological polar surface area (TPSA) is 27.8 Å². The lowest BCUT2D eigenvalue weighted by Gasteiger charge is -2.45. The average molecular weight is 344 g/mol. The van der Waals surface area contributed by atoms with Gasteiger partial charge in [0.1, 0.15) is 17.5 Å². The number of aromatic amines is 1. The van der Waals surface area contributed by atoms with Gasteiger partial charge in [-0.15, -0.1) is 0 Å². The lowest BCUT2D eigenvalue weighted by atomic mass is 9.66. The van der Waals surface area contributed by atoms with E-state index in [0.29, 0.717) is 10.9 Å². The van der Waals surface area contributed by atoms with E-state index in [9.17, 15) is 13.2 Å². The van der Waals surface area contributed by atoms with Gasteiger partial charge in [0.15, 0.2) is 0 Å². The van der Waals surface area contributed by atoms with Gasteiger partial charge in [-0.05, 0) is 74.2 Å². The minimum Gasteiger partial charge on any atom is -0.352 e. The van der Waals surface area contributed by atoms with Gasteiger partial charge >= 0.3 is 0 Å². The summed E-state index contributed by atoms with van der Waals surface area (Å²) in [4.78, 5) is 3.11. The van der Waals surface area contributed by atoms with Crippen LogP contribution in [0.15, 0.2) is 36.4 Å². The molecule has 0 aliphatic heterocycles. The van der Waals surface area contributed by atoms with Crippen molar-refractivity contribution in [2.75, 3.05) is 7.05 Å². The molecule has 2 N–H and O–H groups in total. The Morgan fingerprint density at radius 1 is 1.04 bits per heavy atom. The molecule has 1 aromatic heterocycles. The first-order chi connectivity index (χ1) is 11.9. The predicted octanol–water partition coefficient (Wildman–Crippen LogP) is 5.11. The van der Waals surface area contributed by atoms with Crippen molar-refractivity contribution < 1.29 is 13.2 Å². The molecule has 2 nitrogen and oxygen atoms in total. The van der Waals surface area contributed by atoms with Gasteiger partial charge < -0.3 is 10.3 Å². The van der Waals surface area contributed by atoms with Crippen molar-refractivity contribution in [3.05, 3.63) is 59.4 Å². The Labute approximate surface area is 144 Å². The summed E-state index contributed by atoms with van der Waals surface area (Å²) in [5, 5.41) is 3.87. The largest absolute Gasteiger partial charge is 0.352 e. The minimum absolute atomic E-state index is 0.0280. The average Bonchev–Trinajstić information content (AvgIpc) is 2.92. The second-order valence-electron chi connectivity index (χ2n) is 7.15. The van der Waals surface area contributed by atoms with Crippen LogP contribution >= 0.6 is 0 Å². The Hall–Kier alpha value is -2.27. The molecule has 3 aromatic rings. The Bertz CT molecular complexity index is 938. The maximum Gasteiger partial charge on any atom is 0.150 e. The van der Waals surface area contributed by atoms with Crippen LogP contribution in [0.25, 0.3) is 22.2 Å². The SMILES string of the molecule is CNC1(C)CC(c2c(-c3ccc(F)cc3)[nH]c3c(F)cc(F)cc23)C1. The zero-order valence-corrected chi connectivity index (χ0v) is 14.1. The fourth-order valence-electron chi connectivity index (χ4n) is 3.94. The van der Waals surface area contributed by atoms with Gasteiger partial charge in [0.25, 0.3) is 0 Å². The molecule has 0 bridgehead atoms. The highest BCUT2D eigenvalue weighted by Crippen LogP contribution is 2.49. The third-order valence-corrected chi connectivity index (χ3v) is 5.40. The summed E-state index contributed by atoms with van der Waals surface area (Å²) in [6.07, 6.45) is 1.76. The van der Waals surface area contributed by atoms with Crippen molar-refractivity contribution in [1.82, 2.24) is 10.3 Å². The van der Waals surface area contributed by atoms with E-state index >= 15 is 0 Å². The van der Waals surface area contributed by atoms with Crippen molar-refractivity contribution in [3.63, 3.8) is 0 Å². The molecule has 0 atom stereocenters. The summed E-state index contributed by atoms with van der Waals surface area (Å²) in [5.41, 5.74) is 2.75. The van der Waals surface area contributed by atoms with Crippen molar-refractivity contribution in [1.29, 1.82) is 0 Å². The zero-order chi connectivity index (χ0) is 17.8. The maximum absolute atomic E-state index is 14.3. The van der Waals surface area contributed by atoms with Gasteiger partial charge in [0.2, 0.25) is 0 Å². The van der Waals surface area contributed by atoms with Gasteiger partial charge in [-0.25, -0.2) is 13.2 Å². The van der Waals surface area contributed by atoms with Crippen LogP contribution in [0.4, 0.5) is 13.2 Å². The standard InChI is InChI=1S/C20H19F3N2/c1-20(24-2)9-12(10-20)17-15-7-14(22)8-16(23)19(15)25-18(17)11-3-5-13(21)6-4-11/h3-8,12,24-25H,9-10H2,1-2H3. The van der Waals surface area contributed by atoms with Crippen molar-refractivity contribution >= 4 is 10.9 Å². The van der Waals surface area contributed by atoms with Crippen LogP contribution in [0.3, 0.4) is 0 Å². The molecule has 1 heterocycles. The van der Waals surface area contributed by atoms with E-state index in [-0.39, 0.29) is 17.3 Å². The third-order valence-electron chi connectivity index (χ3n) is 5.40. The quantitative estimate of drug-likeness (QED) is 0.679. The lowest BCUT2D eigenvalue weighted by molar-refractivity contribution is 0.187. The van der Waals surface area contributed by atoms with E-state index in [1.54, 1.807) is 12.1 Å². The first-order valence-electron chi connectivity index (χ1n) is 8.36. The number of hydrogen-bond acceptors (Lipinski definition) is 1. The van der Waals surface area contributed by atoms with Crippen LogP contribution in [0.1, 0.15) is 31.2 Å². The summed E-state index contributed by atoms with van der Waals surface area (Å²) in [6, 6.07) is 8.34. The van der Waals surface area contributed by atoms with E-state index in [0.717, 1.165) is 35.7 Å². The Balaban J connectivity index is 1.91. The molecule has 1 saturated carbocycles. The molecular weight excluding hydrogens is 325 g/mol. The molecule has 0 saturated heterocycles. The maximum atomic E-state index is 14.3. The number of H-pyrrole nitrogens is 1. The molecule has 0 amide bonds. The number of nitrogens with one attached hydrogen (secondary N) is 2. The second kappa shape index (κ2) is 5.63. The molecule has 4 rings (SSSR count). The van der Waals surface area contributed by atoms with Crippen molar-refractivity contribution in [3.8, 4) is 11.3 Å². The molecule has 1 aliphatic rings. The molecule has 1 fully saturated rings. The molecule has 0 unspecified atom stereocenters. The molecule has 0 spiro atoms. The monoisotopic (exact) mass is 344 g/mol.